The van der Waals surface area contributed by atoms with Gasteiger partial charge >= 0.3 is 0 Å². The lowest BCUT2D eigenvalue weighted by molar-refractivity contribution is 0.0955. The molecule has 2 rings (SSSR count). The van der Waals surface area contributed by atoms with Gasteiger partial charge in [-0.1, -0.05) is 18.5 Å². The van der Waals surface area contributed by atoms with Gasteiger partial charge in [-0.25, -0.2) is 9.82 Å². The molecule has 25 heavy (non-hydrogen) atoms. The first kappa shape index (κ1) is 18.7. The van der Waals surface area contributed by atoms with Crippen LogP contribution in [0.25, 0.3) is 0 Å². The minimum atomic E-state index is -0.447. The number of rotatable bonds is 7. The van der Waals surface area contributed by atoms with E-state index in [0.29, 0.717) is 34.3 Å². The summed E-state index contributed by atoms with van der Waals surface area (Å²) < 4.78 is 23.7. The summed E-state index contributed by atoms with van der Waals surface area (Å²) in [4.78, 5) is 11.9. The fraction of sp³-hybridized carbons (Fsp3) is 0.222. The third kappa shape index (κ3) is 5.19. The number of amides is 1. The predicted molar refractivity (Wildman–Crippen MR) is 95.3 cm³/mol. The van der Waals surface area contributed by atoms with Crippen molar-refractivity contribution >= 4 is 23.7 Å². The number of ether oxygens (including phenoxy) is 2. The maximum atomic E-state index is 12.8. The standard InChI is InChI=1S/C18H18ClFN2O3/c1-3-8-25-17-15(19)9-12(10-16(17)24-2)11-21-22-18(23)13-4-6-14(20)7-5-13/h4-7,9-11H,3,8H2,1-2H3,(H,22,23)/b21-11-. The van der Waals surface area contributed by atoms with Crippen LogP contribution in [0.1, 0.15) is 29.3 Å². The number of hydrazone groups is 1. The zero-order chi connectivity index (χ0) is 18.2. The molecule has 0 bridgehead atoms. The number of carbonyl (C=O) groups excluding carboxylic acids is 1. The highest BCUT2D eigenvalue weighted by Gasteiger charge is 2.11. The van der Waals surface area contributed by atoms with Crippen LogP contribution in [-0.2, 0) is 0 Å². The predicted octanol–water partition coefficient (Wildman–Crippen LogP) is 4.04. The number of halogens is 2. The van der Waals surface area contributed by atoms with E-state index in [1.165, 1.54) is 37.6 Å². The van der Waals surface area contributed by atoms with Gasteiger partial charge in [0.15, 0.2) is 11.5 Å². The van der Waals surface area contributed by atoms with E-state index in [9.17, 15) is 9.18 Å². The van der Waals surface area contributed by atoms with Gasteiger partial charge in [-0.3, -0.25) is 4.79 Å². The van der Waals surface area contributed by atoms with Crippen LogP contribution in [0, 0.1) is 5.82 Å². The SMILES string of the molecule is CCCOc1c(Cl)cc(/C=N\NC(=O)c2ccc(F)cc2)cc1OC. The van der Waals surface area contributed by atoms with Gasteiger partial charge < -0.3 is 9.47 Å². The van der Waals surface area contributed by atoms with Crippen molar-refractivity contribution in [2.45, 2.75) is 13.3 Å². The van der Waals surface area contributed by atoms with Crippen LogP contribution < -0.4 is 14.9 Å². The lowest BCUT2D eigenvalue weighted by Crippen LogP contribution is -2.17. The molecule has 0 aromatic heterocycles. The molecule has 7 heteroatoms. The summed E-state index contributed by atoms with van der Waals surface area (Å²) in [6.45, 7) is 2.52. The zero-order valence-electron chi connectivity index (χ0n) is 13.9. The van der Waals surface area contributed by atoms with Crippen molar-refractivity contribution in [3.63, 3.8) is 0 Å². The summed E-state index contributed by atoms with van der Waals surface area (Å²) in [5, 5.41) is 4.26. The van der Waals surface area contributed by atoms with Crippen molar-refractivity contribution in [2.24, 2.45) is 5.10 Å². The molecule has 2 aromatic carbocycles. The van der Waals surface area contributed by atoms with E-state index in [1.807, 2.05) is 6.92 Å². The van der Waals surface area contributed by atoms with Gasteiger partial charge in [-0.05, 0) is 48.4 Å². The first-order chi connectivity index (χ1) is 12.0. The molecule has 1 N–H and O–H groups in total. The molecule has 2 aromatic rings. The quantitative estimate of drug-likeness (QED) is 0.595. The Labute approximate surface area is 150 Å². The van der Waals surface area contributed by atoms with E-state index in [1.54, 1.807) is 12.1 Å². The van der Waals surface area contributed by atoms with Crippen molar-refractivity contribution in [1.82, 2.24) is 5.43 Å². The van der Waals surface area contributed by atoms with Gasteiger partial charge in [0.2, 0.25) is 0 Å². The molecule has 0 saturated carbocycles. The van der Waals surface area contributed by atoms with Gasteiger partial charge in [-0.15, -0.1) is 0 Å². The van der Waals surface area contributed by atoms with Crippen LogP contribution in [-0.4, -0.2) is 25.8 Å². The molecule has 132 valence electrons. The van der Waals surface area contributed by atoms with E-state index in [-0.39, 0.29) is 0 Å². The van der Waals surface area contributed by atoms with Crippen molar-refractivity contribution < 1.29 is 18.7 Å². The van der Waals surface area contributed by atoms with Crippen LogP contribution >= 0.6 is 11.6 Å². The van der Waals surface area contributed by atoms with Crippen LogP contribution in [0.3, 0.4) is 0 Å². The van der Waals surface area contributed by atoms with Crippen molar-refractivity contribution in [1.29, 1.82) is 0 Å². The molecule has 0 fully saturated rings. The molecule has 0 atom stereocenters. The monoisotopic (exact) mass is 364 g/mol. The smallest absolute Gasteiger partial charge is 0.271 e. The average molecular weight is 365 g/mol. The van der Waals surface area contributed by atoms with Gasteiger partial charge in [0.25, 0.3) is 5.91 Å². The van der Waals surface area contributed by atoms with E-state index in [0.717, 1.165) is 6.42 Å². The van der Waals surface area contributed by atoms with E-state index < -0.39 is 11.7 Å². The number of methoxy groups -OCH3 is 1. The van der Waals surface area contributed by atoms with Crippen LogP contribution in [0.2, 0.25) is 5.02 Å². The normalized spacial score (nSPS) is 10.7. The Balaban J connectivity index is 2.08. The van der Waals surface area contributed by atoms with E-state index in [4.69, 9.17) is 21.1 Å². The zero-order valence-corrected chi connectivity index (χ0v) is 14.6. The molecular weight excluding hydrogens is 347 g/mol. The number of nitrogens with zero attached hydrogens (tertiary/aromatic N) is 1. The Morgan fingerprint density at radius 3 is 2.68 bits per heavy atom. The first-order valence-corrected chi connectivity index (χ1v) is 8.02. The Bertz CT molecular complexity index is 764. The largest absolute Gasteiger partial charge is 0.493 e. The molecule has 0 aliphatic heterocycles. The fourth-order valence-corrected chi connectivity index (χ4v) is 2.26. The molecule has 0 saturated heterocycles. The minimum Gasteiger partial charge on any atom is -0.493 e. The third-order valence-electron chi connectivity index (χ3n) is 3.19. The van der Waals surface area contributed by atoms with E-state index >= 15 is 0 Å². The van der Waals surface area contributed by atoms with E-state index in [2.05, 4.69) is 10.5 Å². The maximum Gasteiger partial charge on any atom is 0.271 e. The van der Waals surface area contributed by atoms with Gasteiger partial charge in [0.1, 0.15) is 5.82 Å². The molecule has 5 nitrogen and oxygen atoms in total. The van der Waals surface area contributed by atoms with Crippen molar-refractivity contribution in [2.75, 3.05) is 13.7 Å². The van der Waals surface area contributed by atoms with Gasteiger partial charge in [0, 0.05) is 5.56 Å². The number of hydrogen-bond donors (Lipinski definition) is 1. The molecule has 0 unspecified atom stereocenters. The molecule has 1 amide bonds. The molecule has 0 aliphatic carbocycles. The number of hydrogen-bond acceptors (Lipinski definition) is 4. The Hall–Kier alpha value is -2.60. The second kappa shape index (κ2) is 9.03. The minimum absolute atomic E-state index is 0.303. The highest BCUT2D eigenvalue weighted by atomic mass is 35.5. The molecule has 0 spiro atoms. The molecule has 0 heterocycles. The summed E-state index contributed by atoms with van der Waals surface area (Å²) in [5.74, 6) is 0.0927. The maximum absolute atomic E-state index is 12.8. The topological polar surface area (TPSA) is 59.9 Å². The highest BCUT2D eigenvalue weighted by Crippen LogP contribution is 2.36. The summed E-state index contributed by atoms with van der Waals surface area (Å²) in [6, 6.07) is 8.52. The number of benzene rings is 2. The van der Waals surface area contributed by atoms with Gasteiger partial charge in [0.05, 0.1) is 25.0 Å². The fourth-order valence-electron chi connectivity index (χ4n) is 1.99. The highest BCUT2D eigenvalue weighted by molar-refractivity contribution is 6.32. The summed E-state index contributed by atoms with van der Waals surface area (Å²) >= 11 is 6.21. The van der Waals surface area contributed by atoms with Gasteiger partial charge in [-0.2, -0.15) is 5.10 Å². The molecule has 0 aliphatic rings. The van der Waals surface area contributed by atoms with Crippen molar-refractivity contribution in [3.8, 4) is 11.5 Å². The van der Waals surface area contributed by atoms with Crippen molar-refractivity contribution in [3.05, 3.63) is 58.4 Å². The average Bonchev–Trinajstić information content (AvgIpc) is 2.61. The van der Waals surface area contributed by atoms with Crippen LogP contribution in [0.5, 0.6) is 11.5 Å². The second-order valence-electron chi connectivity index (χ2n) is 5.09. The number of carbonyl (C=O) groups is 1. The summed E-state index contributed by atoms with van der Waals surface area (Å²) in [6.07, 6.45) is 2.28. The first-order valence-electron chi connectivity index (χ1n) is 7.64. The second-order valence-corrected chi connectivity index (χ2v) is 5.50. The Kier molecular flexibility index (Phi) is 6.77. The summed E-state index contributed by atoms with van der Waals surface area (Å²) in [5.41, 5.74) is 3.30. The Morgan fingerprint density at radius 2 is 2.04 bits per heavy atom. The van der Waals surface area contributed by atoms with Crippen LogP contribution in [0.15, 0.2) is 41.5 Å². The molecule has 0 radical (unpaired) electrons. The lowest BCUT2D eigenvalue weighted by Gasteiger charge is -2.12. The summed E-state index contributed by atoms with van der Waals surface area (Å²) in [7, 11) is 1.52. The Morgan fingerprint density at radius 1 is 1.32 bits per heavy atom. The molecular formula is C18H18ClFN2O3. The van der Waals surface area contributed by atoms with Crippen LogP contribution in [0.4, 0.5) is 4.39 Å². The lowest BCUT2D eigenvalue weighted by atomic mass is 10.2. The third-order valence-corrected chi connectivity index (χ3v) is 3.47. The number of nitrogens with one attached hydrogen (secondary N) is 1.